The first kappa shape index (κ1) is 19.7. The molecule has 0 aromatic heterocycles. The zero-order chi connectivity index (χ0) is 19.7. The summed E-state index contributed by atoms with van der Waals surface area (Å²) in [5, 5.41) is 9.50. The fourth-order valence-corrected chi connectivity index (χ4v) is 5.10. The molecule has 8 heteroatoms. The van der Waals surface area contributed by atoms with Crippen molar-refractivity contribution < 1.29 is 18.3 Å². The fourth-order valence-electron chi connectivity index (χ4n) is 3.28. The molecule has 0 aliphatic carbocycles. The summed E-state index contributed by atoms with van der Waals surface area (Å²) in [7, 11) is -4.00. The number of anilines is 1. The SMILES string of the molecule is CC1(NS(=O)(=O)c2ccc(Cl)cc2C(=O)O)CCN(c2ccccc2)CC1. The van der Waals surface area contributed by atoms with Gasteiger partial charge in [0.25, 0.3) is 0 Å². The number of nitrogens with zero attached hydrogens (tertiary/aromatic N) is 1. The molecule has 0 saturated carbocycles. The number of para-hydroxylation sites is 1. The van der Waals surface area contributed by atoms with Crippen molar-refractivity contribution in [1.82, 2.24) is 4.72 Å². The van der Waals surface area contributed by atoms with Crippen molar-refractivity contribution in [2.45, 2.75) is 30.2 Å². The third-order valence-electron chi connectivity index (χ3n) is 4.83. The highest BCUT2D eigenvalue weighted by atomic mass is 35.5. The van der Waals surface area contributed by atoms with Gasteiger partial charge in [0.2, 0.25) is 10.0 Å². The first-order chi connectivity index (χ1) is 12.7. The average Bonchev–Trinajstić information content (AvgIpc) is 2.62. The average molecular weight is 409 g/mol. The van der Waals surface area contributed by atoms with Gasteiger partial charge in [-0.2, -0.15) is 0 Å². The van der Waals surface area contributed by atoms with E-state index in [9.17, 15) is 18.3 Å². The predicted molar refractivity (Wildman–Crippen MR) is 105 cm³/mol. The van der Waals surface area contributed by atoms with Crippen molar-refractivity contribution in [3.8, 4) is 0 Å². The standard InChI is InChI=1S/C19H21ClN2O4S/c1-19(9-11-22(12-10-19)15-5-3-2-4-6-15)21-27(25,26)17-8-7-14(20)13-16(17)18(23)24/h2-8,13,21H,9-12H2,1H3,(H,23,24). The van der Waals surface area contributed by atoms with Gasteiger partial charge in [-0.3, -0.25) is 0 Å². The zero-order valence-corrected chi connectivity index (χ0v) is 16.4. The monoisotopic (exact) mass is 408 g/mol. The lowest BCUT2D eigenvalue weighted by molar-refractivity contribution is 0.0692. The largest absolute Gasteiger partial charge is 0.478 e. The Balaban J connectivity index is 1.78. The molecule has 6 nitrogen and oxygen atoms in total. The summed E-state index contributed by atoms with van der Waals surface area (Å²) in [5.41, 5.74) is 0.119. The number of aromatic carboxylic acids is 1. The minimum absolute atomic E-state index is 0.175. The summed E-state index contributed by atoms with van der Waals surface area (Å²) >= 11 is 5.82. The van der Waals surface area contributed by atoms with E-state index in [0.717, 1.165) is 11.8 Å². The van der Waals surface area contributed by atoms with Crippen molar-refractivity contribution >= 4 is 33.3 Å². The molecule has 1 aliphatic rings. The Morgan fingerprint density at radius 1 is 1.15 bits per heavy atom. The second-order valence-corrected chi connectivity index (χ2v) is 9.02. The number of hydrogen-bond acceptors (Lipinski definition) is 4. The van der Waals surface area contributed by atoms with Crippen LogP contribution in [0.15, 0.2) is 53.4 Å². The van der Waals surface area contributed by atoms with E-state index in [4.69, 9.17) is 11.6 Å². The molecule has 0 unspecified atom stereocenters. The van der Waals surface area contributed by atoms with Crippen LogP contribution in [0.2, 0.25) is 5.02 Å². The zero-order valence-electron chi connectivity index (χ0n) is 14.9. The van der Waals surface area contributed by atoms with Gasteiger partial charge in [0.15, 0.2) is 0 Å². The summed E-state index contributed by atoms with van der Waals surface area (Å²) in [6.07, 6.45) is 1.22. The highest BCUT2D eigenvalue weighted by Crippen LogP contribution is 2.29. The number of halogens is 1. The van der Waals surface area contributed by atoms with Gasteiger partial charge >= 0.3 is 5.97 Å². The normalized spacial score (nSPS) is 16.9. The second kappa shape index (κ2) is 7.50. The summed E-state index contributed by atoms with van der Waals surface area (Å²) in [4.78, 5) is 13.4. The summed E-state index contributed by atoms with van der Waals surface area (Å²) < 4.78 is 28.4. The number of benzene rings is 2. The molecule has 2 aromatic rings. The van der Waals surface area contributed by atoms with Crippen LogP contribution in [0.4, 0.5) is 5.69 Å². The highest BCUT2D eigenvalue weighted by molar-refractivity contribution is 7.89. The molecule has 0 spiro atoms. The summed E-state index contributed by atoms with van der Waals surface area (Å²) in [6.45, 7) is 3.26. The molecular weight excluding hydrogens is 388 g/mol. The van der Waals surface area contributed by atoms with E-state index in [0.29, 0.717) is 25.9 Å². The van der Waals surface area contributed by atoms with Crippen LogP contribution in [0.1, 0.15) is 30.1 Å². The van der Waals surface area contributed by atoms with Crippen LogP contribution in [-0.2, 0) is 10.0 Å². The van der Waals surface area contributed by atoms with Gasteiger partial charge in [-0.15, -0.1) is 0 Å². The lowest BCUT2D eigenvalue weighted by Gasteiger charge is -2.40. The van der Waals surface area contributed by atoms with E-state index in [-0.39, 0.29) is 15.5 Å². The van der Waals surface area contributed by atoms with E-state index < -0.39 is 21.5 Å². The maximum Gasteiger partial charge on any atom is 0.337 e. The number of hydrogen-bond donors (Lipinski definition) is 2. The number of sulfonamides is 1. The third-order valence-corrected chi connectivity index (χ3v) is 6.76. The Labute approximate surface area is 163 Å². The summed E-state index contributed by atoms with van der Waals surface area (Å²) in [5.74, 6) is -1.33. The van der Waals surface area contributed by atoms with Crippen LogP contribution in [0.25, 0.3) is 0 Å². The molecule has 2 N–H and O–H groups in total. The Hall–Kier alpha value is -2.09. The van der Waals surface area contributed by atoms with E-state index in [1.54, 1.807) is 0 Å². The lowest BCUT2D eigenvalue weighted by atomic mass is 9.91. The molecular formula is C19H21ClN2O4S. The van der Waals surface area contributed by atoms with E-state index in [1.807, 2.05) is 37.3 Å². The molecule has 0 radical (unpaired) electrons. The molecule has 0 bridgehead atoms. The van der Waals surface area contributed by atoms with Crippen LogP contribution in [0.5, 0.6) is 0 Å². The number of rotatable bonds is 5. The van der Waals surface area contributed by atoms with Crippen LogP contribution in [-0.4, -0.2) is 38.1 Å². The predicted octanol–water partition coefficient (Wildman–Crippen LogP) is 3.38. The van der Waals surface area contributed by atoms with Crippen molar-refractivity contribution in [3.05, 3.63) is 59.1 Å². The van der Waals surface area contributed by atoms with Crippen molar-refractivity contribution in [2.24, 2.45) is 0 Å². The molecule has 1 heterocycles. The minimum Gasteiger partial charge on any atom is -0.478 e. The number of carbonyl (C=O) groups is 1. The molecule has 0 atom stereocenters. The number of piperidine rings is 1. The van der Waals surface area contributed by atoms with Crippen LogP contribution in [0.3, 0.4) is 0 Å². The Kier molecular flexibility index (Phi) is 5.46. The highest BCUT2D eigenvalue weighted by Gasteiger charge is 2.35. The maximum absolute atomic E-state index is 12.9. The molecule has 1 saturated heterocycles. The number of nitrogens with one attached hydrogen (secondary N) is 1. The molecule has 0 amide bonds. The van der Waals surface area contributed by atoms with Crippen molar-refractivity contribution in [3.63, 3.8) is 0 Å². The van der Waals surface area contributed by atoms with Crippen molar-refractivity contribution in [1.29, 1.82) is 0 Å². The van der Waals surface area contributed by atoms with Crippen LogP contribution < -0.4 is 9.62 Å². The number of carboxylic acid groups (broad SMARTS) is 1. The minimum atomic E-state index is -4.00. The molecule has 144 valence electrons. The van der Waals surface area contributed by atoms with Gasteiger partial charge in [-0.25, -0.2) is 17.9 Å². The number of carboxylic acids is 1. The van der Waals surface area contributed by atoms with Gasteiger partial charge in [-0.1, -0.05) is 29.8 Å². The van der Waals surface area contributed by atoms with E-state index in [2.05, 4.69) is 9.62 Å². The van der Waals surface area contributed by atoms with Gasteiger partial charge in [0.05, 0.1) is 10.5 Å². The van der Waals surface area contributed by atoms with Gasteiger partial charge in [0.1, 0.15) is 0 Å². The van der Waals surface area contributed by atoms with Crippen LogP contribution in [0, 0.1) is 0 Å². The van der Waals surface area contributed by atoms with E-state index in [1.165, 1.54) is 12.1 Å². The molecule has 3 rings (SSSR count). The molecule has 27 heavy (non-hydrogen) atoms. The topological polar surface area (TPSA) is 86.7 Å². The Bertz CT molecular complexity index is 939. The first-order valence-corrected chi connectivity index (χ1v) is 10.4. The third kappa shape index (κ3) is 4.43. The molecule has 2 aromatic carbocycles. The van der Waals surface area contributed by atoms with Gasteiger partial charge in [-0.05, 0) is 50.1 Å². The smallest absolute Gasteiger partial charge is 0.337 e. The fraction of sp³-hybridized carbons (Fsp3) is 0.316. The Morgan fingerprint density at radius 3 is 2.37 bits per heavy atom. The lowest BCUT2D eigenvalue weighted by Crippen LogP contribution is -2.53. The summed E-state index contributed by atoms with van der Waals surface area (Å²) in [6, 6.07) is 13.7. The van der Waals surface area contributed by atoms with E-state index >= 15 is 0 Å². The quantitative estimate of drug-likeness (QED) is 0.792. The Morgan fingerprint density at radius 2 is 1.78 bits per heavy atom. The maximum atomic E-state index is 12.9. The molecule has 1 aliphatic heterocycles. The van der Waals surface area contributed by atoms with Gasteiger partial charge in [0, 0.05) is 29.3 Å². The van der Waals surface area contributed by atoms with Gasteiger partial charge < -0.3 is 10.0 Å². The molecule has 1 fully saturated rings. The van der Waals surface area contributed by atoms with Crippen LogP contribution >= 0.6 is 11.6 Å². The first-order valence-electron chi connectivity index (χ1n) is 8.57. The second-order valence-electron chi connectivity index (χ2n) is 6.93. The van der Waals surface area contributed by atoms with Crippen molar-refractivity contribution in [2.75, 3.05) is 18.0 Å².